The number of nitrogens with zero attached hydrogens (tertiary/aromatic N) is 6. The number of carbonyl (C=O) groups excluding carboxylic acids is 1. The van der Waals surface area contributed by atoms with Gasteiger partial charge in [0.2, 0.25) is 5.91 Å². The second kappa shape index (κ2) is 12.0. The molecule has 0 saturated carbocycles. The Morgan fingerprint density at radius 1 is 1.21 bits per heavy atom. The van der Waals surface area contributed by atoms with Gasteiger partial charge in [0, 0.05) is 24.2 Å². The number of amides is 1. The molecule has 8 nitrogen and oxygen atoms in total. The summed E-state index contributed by atoms with van der Waals surface area (Å²) >= 11 is 1.26. The predicted octanol–water partition coefficient (Wildman–Crippen LogP) is 5.11. The zero-order valence-electron chi connectivity index (χ0n) is 24.3. The lowest BCUT2D eigenvalue weighted by Gasteiger charge is -2.39. The van der Waals surface area contributed by atoms with Crippen LogP contribution in [0.25, 0.3) is 28.0 Å². The fraction of sp³-hybridized carbons (Fsp3) is 0.281. The van der Waals surface area contributed by atoms with E-state index in [4.69, 9.17) is 6.42 Å². The van der Waals surface area contributed by atoms with Gasteiger partial charge in [-0.05, 0) is 55.0 Å². The van der Waals surface area contributed by atoms with Crippen LogP contribution in [0.5, 0.6) is 0 Å². The van der Waals surface area contributed by atoms with Crippen LogP contribution in [0, 0.1) is 30.9 Å². The number of hydrogen-bond acceptors (Lipinski definition) is 7. The Bertz CT molecular complexity index is 1870. The van der Waals surface area contributed by atoms with Gasteiger partial charge in [-0.3, -0.25) is 9.78 Å². The van der Waals surface area contributed by atoms with Crippen molar-refractivity contribution in [3.8, 4) is 29.3 Å². The summed E-state index contributed by atoms with van der Waals surface area (Å²) in [4.78, 5) is 43.7. The number of rotatable bonds is 6. The van der Waals surface area contributed by atoms with Crippen molar-refractivity contribution in [3.63, 3.8) is 0 Å². The standard InChI is InChI=1S/C32H30F2N6O2S/c1-7-20-17-38(25(41)8-2)14-15-39(20)30-21-16-23(34)28(26-22(33)10-9-11-24(26)43-6)36-31(21)40(32(42)37-30)29-19(5)12-13-35-27(29)18(3)4/h1,8-13,16,18,20H,2,14-15,17H2,3-6H3. The van der Waals surface area contributed by atoms with E-state index in [9.17, 15) is 9.59 Å². The third-order valence-corrected chi connectivity index (χ3v) is 8.27. The second-order valence-corrected chi connectivity index (χ2v) is 11.3. The van der Waals surface area contributed by atoms with Gasteiger partial charge < -0.3 is 9.80 Å². The molecule has 1 aliphatic heterocycles. The fourth-order valence-electron chi connectivity index (χ4n) is 5.40. The lowest BCUT2D eigenvalue weighted by Crippen LogP contribution is -2.54. The number of carbonyl (C=O) groups is 1. The molecule has 0 aliphatic carbocycles. The molecule has 43 heavy (non-hydrogen) atoms. The lowest BCUT2D eigenvalue weighted by atomic mass is 10.0. The first-order chi connectivity index (χ1) is 20.6. The molecule has 4 aromatic rings. The first-order valence-electron chi connectivity index (χ1n) is 13.7. The van der Waals surface area contributed by atoms with Gasteiger partial charge in [-0.2, -0.15) is 4.98 Å². The monoisotopic (exact) mass is 600 g/mol. The van der Waals surface area contributed by atoms with E-state index in [2.05, 4.69) is 27.5 Å². The number of fused-ring (bicyclic) bond motifs is 1. The van der Waals surface area contributed by atoms with Crippen LogP contribution in [0.2, 0.25) is 0 Å². The molecule has 1 fully saturated rings. The van der Waals surface area contributed by atoms with E-state index < -0.39 is 23.4 Å². The highest BCUT2D eigenvalue weighted by atomic mass is 32.2. The lowest BCUT2D eigenvalue weighted by molar-refractivity contribution is -0.126. The topological polar surface area (TPSA) is 84.2 Å². The molecular formula is C32H30F2N6O2S. The van der Waals surface area contributed by atoms with E-state index >= 15 is 8.78 Å². The maximum Gasteiger partial charge on any atom is 0.355 e. The number of hydrogen-bond donors (Lipinski definition) is 0. The number of thioether (sulfide) groups is 1. The highest BCUT2D eigenvalue weighted by molar-refractivity contribution is 7.98. The van der Waals surface area contributed by atoms with E-state index in [0.717, 1.165) is 5.56 Å². The summed E-state index contributed by atoms with van der Waals surface area (Å²) in [5, 5.41) is 0.213. The number of aromatic nitrogens is 4. The molecule has 1 aromatic carbocycles. The van der Waals surface area contributed by atoms with E-state index in [1.54, 1.807) is 40.5 Å². The van der Waals surface area contributed by atoms with Crippen molar-refractivity contribution in [3.05, 3.63) is 82.6 Å². The molecule has 1 saturated heterocycles. The molecule has 1 aliphatic rings. The molecule has 3 aromatic heterocycles. The van der Waals surface area contributed by atoms with Gasteiger partial charge in [-0.1, -0.05) is 32.4 Å². The largest absolute Gasteiger partial charge is 0.355 e. The number of aryl methyl sites for hydroxylation is 1. The SMILES string of the molecule is C#CC1CN(C(=O)C=C)CCN1c1nc(=O)n(-c2c(C)ccnc2C(C)C)c2nc(-c3c(F)cccc3SC)c(F)cc12. The first kappa shape index (κ1) is 29.9. The highest BCUT2D eigenvalue weighted by Gasteiger charge is 2.32. The Hall–Kier alpha value is -4.56. The average molecular weight is 601 g/mol. The van der Waals surface area contributed by atoms with Crippen LogP contribution in [0.1, 0.15) is 31.0 Å². The minimum atomic E-state index is -0.786. The zero-order valence-corrected chi connectivity index (χ0v) is 25.1. The number of anilines is 1. The van der Waals surface area contributed by atoms with Crippen molar-refractivity contribution < 1.29 is 13.6 Å². The molecule has 0 bridgehead atoms. The molecule has 11 heteroatoms. The van der Waals surface area contributed by atoms with Crippen molar-refractivity contribution in [1.29, 1.82) is 0 Å². The van der Waals surface area contributed by atoms with E-state index in [1.165, 1.54) is 34.5 Å². The molecule has 1 amide bonds. The number of piperazine rings is 1. The van der Waals surface area contributed by atoms with E-state index in [-0.39, 0.29) is 59.6 Å². The van der Waals surface area contributed by atoms with E-state index in [0.29, 0.717) is 16.3 Å². The third-order valence-electron chi connectivity index (χ3n) is 7.49. The highest BCUT2D eigenvalue weighted by Crippen LogP contribution is 2.37. The second-order valence-electron chi connectivity index (χ2n) is 10.4. The molecule has 0 spiro atoms. The first-order valence-corrected chi connectivity index (χ1v) is 14.9. The van der Waals surface area contributed by atoms with Gasteiger partial charge in [-0.15, -0.1) is 18.2 Å². The van der Waals surface area contributed by atoms with Crippen LogP contribution in [-0.4, -0.2) is 62.3 Å². The Kier molecular flexibility index (Phi) is 8.33. The van der Waals surface area contributed by atoms with E-state index in [1.807, 2.05) is 20.8 Å². The van der Waals surface area contributed by atoms with Crippen LogP contribution >= 0.6 is 11.8 Å². The summed E-state index contributed by atoms with van der Waals surface area (Å²) < 4.78 is 32.7. The molecule has 0 radical (unpaired) electrons. The number of terminal acetylenes is 1. The van der Waals surface area contributed by atoms with Gasteiger partial charge >= 0.3 is 5.69 Å². The smallest absolute Gasteiger partial charge is 0.338 e. The molecular weight excluding hydrogens is 570 g/mol. The molecule has 1 atom stereocenters. The maximum atomic E-state index is 16.1. The Morgan fingerprint density at radius 3 is 2.65 bits per heavy atom. The van der Waals surface area contributed by atoms with Crippen LogP contribution in [0.3, 0.4) is 0 Å². The Balaban J connectivity index is 1.86. The Morgan fingerprint density at radius 2 is 1.98 bits per heavy atom. The predicted molar refractivity (Wildman–Crippen MR) is 166 cm³/mol. The maximum absolute atomic E-state index is 16.1. The summed E-state index contributed by atoms with van der Waals surface area (Å²) in [5.41, 5.74) is 1.01. The van der Waals surface area contributed by atoms with Crippen LogP contribution in [0.4, 0.5) is 14.6 Å². The minimum absolute atomic E-state index is 0.00296. The van der Waals surface area contributed by atoms with Crippen molar-refractivity contribution in [2.45, 2.75) is 37.6 Å². The normalized spacial score (nSPS) is 15.2. The van der Waals surface area contributed by atoms with Gasteiger partial charge in [0.15, 0.2) is 11.5 Å². The molecule has 5 rings (SSSR count). The van der Waals surface area contributed by atoms with Gasteiger partial charge in [-0.25, -0.2) is 23.1 Å². The number of benzene rings is 1. The van der Waals surface area contributed by atoms with Crippen LogP contribution in [-0.2, 0) is 4.79 Å². The number of pyridine rings is 2. The zero-order chi connectivity index (χ0) is 31.0. The molecule has 0 N–H and O–H groups in total. The summed E-state index contributed by atoms with van der Waals surface area (Å²) in [6, 6.07) is 6.81. The van der Waals surface area contributed by atoms with Crippen molar-refractivity contribution in [2.24, 2.45) is 0 Å². The fourth-order valence-corrected chi connectivity index (χ4v) is 6.01. The summed E-state index contributed by atoms with van der Waals surface area (Å²) in [5.74, 6) is 1.03. The van der Waals surface area contributed by atoms with Crippen LogP contribution < -0.4 is 10.6 Å². The molecule has 1 unspecified atom stereocenters. The summed E-state index contributed by atoms with van der Waals surface area (Å²) in [7, 11) is 0. The average Bonchev–Trinajstić information content (AvgIpc) is 3.00. The van der Waals surface area contributed by atoms with Crippen LogP contribution in [0.15, 0.2) is 58.9 Å². The molecule has 220 valence electrons. The number of halogens is 2. The van der Waals surface area contributed by atoms with Gasteiger partial charge in [0.05, 0.1) is 28.9 Å². The van der Waals surface area contributed by atoms with Crippen molar-refractivity contribution in [1.82, 2.24) is 24.4 Å². The third kappa shape index (κ3) is 5.27. The quantitative estimate of drug-likeness (QED) is 0.173. The summed E-state index contributed by atoms with van der Waals surface area (Å²) in [6.45, 7) is 9.96. The van der Waals surface area contributed by atoms with Gasteiger partial charge in [0.1, 0.15) is 23.4 Å². The van der Waals surface area contributed by atoms with Gasteiger partial charge in [0.25, 0.3) is 0 Å². The molecule has 4 heterocycles. The summed E-state index contributed by atoms with van der Waals surface area (Å²) in [6.07, 6.45) is 10.5. The Labute approximate surface area is 252 Å². The van der Waals surface area contributed by atoms with Crippen molar-refractivity contribution >= 4 is 34.5 Å². The minimum Gasteiger partial charge on any atom is -0.338 e. The van der Waals surface area contributed by atoms with Crippen molar-refractivity contribution in [2.75, 3.05) is 30.8 Å².